The molecule has 0 aliphatic heterocycles. The van der Waals surface area contributed by atoms with Crippen LogP contribution in [0.5, 0.6) is 0 Å². The van der Waals surface area contributed by atoms with Crippen molar-refractivity contribution in [3.63, 3.8) is 0 Å². The molecule has 0 saturated carbocycles. The van der Waals surface area contributed by atoms with Crippen molar-refractivity contribution in [1.82, 2.24) is 14.8 Å². The van der Waals surface area contributed by atoms with Crippen molar-refractivity contribution in [1.29, 1.82) is 0 Å². The minimum atomic E-state index is -1.61. The van der Waals surface area contributed by atoms with E-state index in [4.69, 9.17) is 10.2 Å². The molecule has 72 valence electrons. The maximum absolute atomic E-state index is 10.4. The topological polar surface area (TPSA) is 88.2 Å². The van der Waals surface area contributed by atoms with E-state index in [0.717, 1.165) is 0 Å². The Morgan fingerprint density at radius 2 is 2.23 bits per heavy atom. The van der Waals surface area contributed by atoms with Gasteiger partial charge in [-0.15, -0.1) is 10.2 Å². The van der Waals surface area contributed by atoms with Gasteiger partial charge in [0, 0.05) is 7.05 Å². The first-order valence-electron chi connectivity index (χ1n) is 3.42. The number of aliphatic hydroxyl groups excluding tert-OH is 1. The number of hydrogen-bond donors (Lipinski definition) is 2. The molecule has 1 unspecified atom stereocenters. The van der Waals surface area contributed by atoms with Crippen LogP contribution in [0, 0.1) is 0 Å². The van der Waals surface area contributed by atoms with Gasteiger partial charge < -0.3 is 14.8 Å². The highest BCUT2D eigenvalue weighted by Crippen LogP contribution is 2.16. The number of nitrogens with zero attached hydrogens (tertiary/aromatic N) is 3. The number of thioether (sulfide) groups is 1. The SMILES string of the molecule is CSc1nnc(C(O)C(=O)O)n1C. The van der Waals surface area contributed by atoms with Crippen LogP contribution in [-0.4, -0.2) is 37.2 Å². The lowest BCUT2D eigenvalue weighted by Gasteiger charge is -2.04. The van der Waals surface area contributed by atoms with Crippen LogP contribution in [0.25, 0.3) is 0 Å². The van der Waals surface area contributed by atoms with Crippen LogP contribution in [0.15, 0.2) is 5.16 Å². The Morgan fingerprint density at radius 1 is 1.62 bits per heavy atom. The van der Waals surface area contributed by atoms with E-state index >= 15 is 0 Å². The van der Waals surface area contributed by atoms with E-state index in [9.17, 15) is 4.79 Å². The first-order valence-corrected chi connectivity index (χ1v) is 4.64. The molecule has 7 heteroatoms. The van der Waals surface area contributed by atoms with Crippen molar-refractivity contribution in [2.24, 2.45) is 7.05 Å². The van der Waals surface area contributed by atoms with Crippen LogP contribution in [0.2, 0.25) is 0 Å². The van der Waals surface area contributed by atoms with Gasteiger partial charge in [0.1, 0.15) is 0 Å². The zero-order valence-electron chi connectivity index (χ0n) is 7.13. The van der Waals surface area contributed by atoms with Crippen LogP contribution < -0.4 is 0 Å². The largest absolute Gasteiger partial charge is 0.479 e. The van der Waals surface area contributed by atoms with E-state index in [-0.39, 0.29) is 5.82 Å². The van der Waals surface area contributed by atoms with Crippen LogP contribution in [0.1, 0.15) is 11.9 Å². The summed E-state index contributed by atoms with van der Waals surface area (Å²) in [6, 6.07) is 0. The summed E-state index contributed by atoms with van der Waals surface area (Å²) >= 11 is 1.33. The molecule has 6 nitrogen and oxygen atoms in total. The fraction of sp³-hybridized carbons (Fsp3) is 0.500. The third-order valence-corrected chi connectivity index (χ3v) is 2.25. The predicted molar refractivity (Wildman–Crippen MR) is 45.4 cm³/mol. The van der Waals surface area contributed by atoms with E-state index < -0.39 is 12.1 Å². The second-order valence-corrected chi connectivity index (χ2v) is 3.12. The monoisotopic (exact) mass is 203 g/mol. The van der Waals surface area contributed by atoms with E-state index in [2.05, 4.69) is 10.2 Å². The van der Waals surface area contributed by atoms with Crippen LogP contribution in [0.3, 0.4) is 0 Å². The molecule has 0 bridgehead atoms. The standard InChI is InChI=1S/C6H9N3O3S/c1-9-4(3(10)5(11)12)7-8-6(9)13-2/h3,10H,1-2H3,(H,11,12). The minimum absolute atomic E-state index is 0.0388. The van der Waals surface area contributed by atoms with E-state index in [1.165, 1.54) is 16.3 Å². The van der Waals surface area contributed by atoms with Crippen molar-refractivity contribution < 1.29 is 15.0 Å². The van der Waals surface area contributed by atoms with Crippen molar-refractivity contribution in [2.75, 3.05) is 6.26 Å². The molecule has 1 aromatic heterocycles. The van der Waals surface area contributed by atoms with Gasteiger partial charge in [-0.1, -0.05) is 11.8 Å². The molecule has 0 aromatic carbocycles. The van der Waals surface area contributed by atoms with Gasteiger partial charge in [-0.3, -0.25) is 0 Å². The summed E-state index contributed by atoms with van der Waals surface area (Å²) in [6.07, 6.45) is 0.180. The highest BCUT2D eigenvalue weighted by molar-refractivity contribution is 7.98. The number of carboxylic acid groups (broad SMARTS) is 1. The Kier molecular flexibility index (Phi) is 2.89. The van der Waals surface area contributed by atoms with Gasteiger partial charge in [-0.2, -0.15) is 0 Å². The van der Waals surface area contributed by atoms with Crippen LogP contribution >= 0.6 is 11.8 Å². The van der Waals surface area contributed by atoms with Crippen LogP contribution in [0.4, 0.5) is 0 Å². The van der Waals surface area contributed by atoms with Crippen molar-refractivity contribution >= 4 is 17.7 Å². The van der Waals surface area contributed by atoms with Crippen molar-refractivity contribution in [3.05, 3.63) is 5.82 Å². The molecule has 0 aliphatic carbocycles. The summed E-state index contributed by atoms with van der Waals surface area (Å²) in [7, 11) is 1.60. The van der Waals surface area contributed by atoms with Crippen LogP contribution in [-0.2, 0) is 11.8 Å². The zero-order valence-corrected chi connectivity index (χ0v) is 7.95. The quantitative estimate of drug-likeness (QED) is 0.653. The van der Waals surface area contributed by atoms with Crippen molar-refractivity contribution in [2.45, 2.75) is 11.3 Å². The third kappa shape index (κ3) is 1.81. The Morgan fingerprint density at radius 3 is 2.62 bits per heavy atom. The molecule has 2 N–H and O–H groups in total. The Hall–Kier alpha value is -1.08. The second-order valence-electron chi connectivity index (χ2n) is 2.34. The number of aliphatic hydroxyl groups is 1. The molecule has 1 heterocycles. The molecular formula is C6H9N3O3S. The minimum Gasteiger partial charge on any atom is -0.479 e. The Labute approximate surface area is 78.6 Å². The summed E-state index contributed by atoms with van der Waals surface area (Å²) in [6.45, 7) is 0. The average Bonchev–Trinajstić information content (AvgIpc) is 2.45. The van der Waals surface area contributed by atoms with Crippen molar-refractivity contribution in [3.8, 4) is 0 Å². The van der Waals surface area contributed by atoms with Gasteiger partial charge in [0.15, 0.2) is 11.0 Å². The van der Waals surface area contributed by atoms with E-state index in [1.54, 1.807) is 13.3 Å². The van der Waals surface area contributed by atoms with Gasteiger partial charge in [0.2, 0.25) is 6.10 Å². The fourth-order valence-corrected chi connectivity index (χ4v) is 1.34. The molecule has 0 saturated heterocycles. The number of aromatic nitrogens is 3. The summed E-state index contributed by atoms with van der Waals surface area (Å²) < 4.78 is 1.45. The van der Waals surface area contributed by atoms with Gasteiger partial charge in [0.25, 0.3) is 0 Å². The Balaban J connectivity index is 3.02. The lowest BCUT2D eigenvalue weighted by atomic mass is 10.3. The molecule has 1 atom stereocenters. The smallest absolute Gasteiger partial charge is 0.340 e. The molecule has 0 aliphatic rings. The van der Waals surface area contributed by atoms with Gasteiger partial charge in [-0.05, 0) is 6.26 Å². The first kappa shape index (κ1) is 10.0. The van der Waals surface area contributed by atoms with E-state index in [1.807, 2.05) is 0 Å². The molecule has 0 radical (unpaired) electrons. The highest BCUT2D eigenvalue weighted by atomic mass is 32.2. The molecule has 13 heavy (non-hydrogen) atoms. The molecule has 0 amide bonds. The lowest BCUT2D eigenvalue weighted by molar-refractivity contribution is -0.147. The number of rotatable bonds is 3. The lowest BCUT2D eigenvalue weighted by Crippen LogP contribution is -2.15. The zero-order chi connectivity index (χ0) is 10.0. The number of carbonyl (C=O) groups is 1. The van der Waals surface area contributed by atoms with Gasteiger partial charge in [-0.25, -0.2) is 4.79 Å². The van der Waals surface area contributed by atoms with E-state index in [0.29, 0.717) is 5.16 Å². The molecule has 0 spiro atoms. The summed E-state index contributed by atoms with van der Waals surface area (Å²) in [5, 5.41) is 25.5. The third-order valence-electron chi connectivity index (χ3n) is 1.53. The van der Waals surface area contributed by atoms with Gasteiger partial charge in [0.05, 0.1) is 0 Å². The number of carboxylic acids is 1. The summed E-state index contributed by atoms with van der Waals surface area (Å²) in [4.78, 5) is 10.4. The highest BCUT2D eigenvalue weighted by Gasteiger charge is 2.22. The maximum atomic E-state index is 10.4. The molecule has 1 aromatic rings. The molecule has 0 fully saturated rings. The number of hydrogen-bond acceptors (Lipinski definition) is 5. The van der Waals surface area contributed by atoms with Gasteiger partial charge >= 0.3 is 5.97 Å². The second kappa shape index (κ2) is 3.75. The normalized spacial score (nSPS) is 12.8. The number of aliphatic carboxylic acids is 1. The molecular weight excluding hydrogens is 194 g/mol. The summed E-state index contributed by atoms with van der Waals surface area (Å²) in [5.41, 5.74) is 0. The summed E-state index contributed by atoms with van der Waals surface area (Å²) in [5.74, 6) is -1.29. The Bertz CT molecular complexity index is 325. The molecule has 1 rings (SSSR count). The maximum Gasteiger partial charge on any atom is 0.340 e. The fourth-order valence-electron chi connectivity index (χ4n) is 0.852. The first-order chi connectivity index (χ1) is 6.07. The average molecular weight is 203 g/mol. The predicted octanol–water partition coefficient (Wildman–Crippen LogP) is -0.345.